The molecule has 0 aromatic heterocycles. The number of unbranched alkanes of at least 4 members (excludes halogenated alkanes) is 28. The van der Waals surface area contributed by atoms with Gasteiger partial charge in [0.2, 0.25) is 5.91 Å². The van der Waals surface area contributed by atoms with E-state index in [9.17, 15) is 20.1 Å². The normalized spacial score (nSPS) is 14.0. The second-order valence-corrected chi connectivity index (χ2v) is 16.6. The minimum absolute atomic E-state index is 0.385. The topological polar surface area (TPSA) is 89.8 Å². The summed E-state index contributed by atoms with van der Waals surface area (Å²) in [4.78, 5) is 12.5. The maximum Gasteiger partial charge on any atom is 0.249 e. The lowest BCUT2D eigenvalue weighted by Crippen LogP contribution is -2.48. The number of hydrogen-bond donors (Lipinski definition) is 4. The first-order valence-corrected chi connectivity index (χ1v) is 24.6. The van der Waals surface area contributed by atoms with Crippen molar-refractivity contribution in [2.24, 2.45) is 0 Å². The molecule has 0 fully saturated rings. The highest BCUT2D eigenvalue weighted by Crippen LogP contribution is 2.14. The fourth-order valence-corrected chi connectivity index (χ4v) is 7.19. The minimum Gasteiger partial charge on any atom is -0.394 e. The van der Waals surface area contributed by atoms with E-state index in [-0.39, 0.29) is 6.61 Å². The first-order valence-electron chi connectivity index (χ1n) is 24.6. The van der Waals surface area contributed by atoms with E-state index in [1.807, 2.05) is 6.08 Å². The van der Waals surface area contributed by atoms with Crippen LogP contribution in [0.15, 0.2) is 60.8 Å². The van der Waals surface area contributed by atoms with E-state index in [4.69, 9.17) is 0 Å². The van der Waals surface area contributed by atoms with Crippen molar-refractivity contribution in [1.29, 1.82) is 0 Å². The largest absolute Gasteiger partial charge is 0.394 e. The molecule has 1 amide bonds. The molecular formula is C52H95NO4. The Morgan fingerprint density at radius 1 is 0.439 bits per heavy atom. The first kappa shape index (κ1) is 55.0. The molecule has 3 atom stereocenters. The number of allylic oxidation sites excluding steroid dienone is 9. The lowest BCUT2D eigenvalue weighted by molar-refractivity contribution is -0.131. The van der Waals surface area contributed by atoms with Crippen LogP contribution >= 0.6 is 0 Å². The average molecular weight is 798 g/mol. The van der Waals surface area contributed by atoms with Crippen LogP contribution in [0.5, 0.6) is 0 Å². The zero-order valence-corrected chi connectivity index (χ0v) is 37.7. The second kappa shape index (κ2) is 46.7. The summed E-state index contributed by atoms with van der Waals surface area (Å²) in [5, 5.41) is 33.2. The lowest BCUT2D eigenvalue weighted by atomic mass is 10.0. The van der Waals surface area contributed by atoms with Crippen molar-refractivity contribution < 1.29 is 20.1 Å². The molecular weight excluding hydrogens is 703 g/mol. The van der Waals surface area contributed by atoms with Crippen LogP contribution < -0.4 is 5.32 Å². The fraction of sp³-hybridized carbons (Fsp3) is 0.788. The highest BCUT2D eigenvalue weighted by atomic mass is 16.3. The fourth-order valence-electron chi connectivity index (χ4n) is 7.19. The van der Waals surface area contributed by atoms with Crippen LogP contribution in [0.1, 0.15) is 239 Å². The maximum absolute atomic E-state index is 12.5. The average Bonchev–Trinajstić information content (AvgIpc) is 3.22. The van der Waals surface area contributed by atoms with Crippen LogP contribution in [0.4, 0.5) is 0 Å². The monoisotopic (exact) mass is 798 g/mol. The zero-order chi connectivity index (χ0) is 41.5. The quantitative estimate of drug-likeness (QED) is 0.0365. The zero-order valence-electron chi connectivity index (χ0n) is 37.7. The molecule has 5 heteroatoms. The molecule has 332 valence electrons. The number of hydrogen-bond acceptors (Lipinski definition) is 4. The second-order valence-electron chi connectivity index (χ2n) is 16.6. The van der Waals surface area contributed by atoms with Crippen LogP contribution in [0.2, 0.25) is 0 Å². The Hall–Kier alpha value is -1.95. The maximum atomic E-state index is 12.5. The Morgan fingerprint density at radius 2 is 0.772 bits per heavy atom. The van der Waals surface area contributed by atoms with E-state index in [0.717, 1.165) is 51.4 Å². The van der Waals surface area contributed by atoms with E-state index in [2.05, 4.69) is 67.8 Å². The standard InChI is InChI=1S/C52H95NO4/c1-3-5-7-9-11-13-15-17-19-21-23-24-25-26-27-29-31-33-35-37-39-41-43-45-47-51(56)52(57)53-49(48-54)50(55)46-44-42-40-38-36-34-32-30-28-22-20-18-16-14-12-10-8-6-4-2/h23-24,26-28,30,36,38,44,46,49-51,54-56H,3-22,25,29,31-35,37,39-43,45,47-48H2,1-2H3,(H,53,57)/b24-23-,27-26-,30-28+,38-36+,46-44+. The van der Waals surface area contributed by atoms with Gasteiger partial charge in [-0.1, -0.05) is 222 Å². The van der Waals surface area contributed by atoms with Crippen LogP contribution in [-0.2, 0) is 4.79 Å². The molecule has 0 spiro atoms. The molecule has 0 aliphatic rings. The molecule has 0 saturated carbocycles. The van der Waals surface area contributed by atoms with Gasteiger partial charge in [-0.25, -0.2) is 0 Å². The van der Waals surface area contributed by atoms with Gasteiger partial charge in [0, 0.05) is 0 Å². The molecule has 0 heterocycles. The van der Waals surface area contributed by atoms with Crippen molar-refractivity contribution in [3.8, 4) is 0 Å². The van der Waals surface area contributed by atoms with E-state index in [0.29, 0.717) is 6.42 Å². The molecule has 4 N–H and O–H groups in total. The van der Waals surface area contributed by atoms with Gasteiger partial charge in [0.05, 0.1) is 18.8 Å². The number of carbonyl (C=O) groups is 1. The van der Waals surface area contributed by atoms with Gasteiger partial charge in [-0.2, -0.15) is 0 Å². The van der Waals surface area contributed by atoms with Gasteiger partial charge in [-0.3, -0.25) is 4.79 Å². The number of aliphatic hydroxyl groups is 3. The molecule has 0 rings (SSSR count). The third-order valence-corrected chi connectivity index (χ3v) is 11.1. The van der Waals surface area contributed by atoms with E-state index in [1.54, 1.807) is 6.08 Å². The number of rotatable bonds is 44. The number of amides is 1. The summed E-state index contributed by atoms with van der Waals surface area (Å²) < 4.78 is 0. The Labute approximate surface area is 354 Å². The Bertz CT molecular complexity index is 969. The summed E-state index contributed by atoms with van der Waals surface area (Å²) in [6.45, 7) is 4.17. The van der Waals surface area contributed by atoms with Crippen LogP contribution in [0.3, 0.4) is 0 Å². The Morgan fingerprint density at radius 3 is 1.18 bits per heavy atom. The molecule has 0 radical (unpaired) electrons. The molecule has 0 aliphatic heterocycles. The lowest BCUT2D eigenvalue weighted by Gasteiger charge is -2.21. The van der Waals surface area contributed by atoms with Gasteiger partial charge < -0.3 is 20.6 Å². The smallest absolute Gasteiger partial charge is 0.249 e. The number of aliphatic hydroxyl groups excluding tert-OH is 3. The third kappa shape index (κ3) is 42.0. The summed E-state index contributed by atoms with van der Waals surface area (Å²) in [6, 6.07) is -0.826. The SMILES string of the molecule is CCCCCCCCCCC/C=C\C/C=C\CCCCCCCCCCC(O)C(=O)NC(CO)C(O)/C=C/CC/C=C/CC/C=C/CCCCCCCCCCC. The summed E-state index contributed by atoms with van der Waals surface area (Å²) >= 11 is 0. The molecule has 0 aliphatic carbocycles. The van der Waals surface area contributed by atoms with Crippen molar-refractivity contribution >= 4 is 5.91 Å². The van der Waals surface area contributed by atoms with Gasteiger partial charge in [0.1, 0.15) is 6.10 Å². The molecule has 3 unspecified atom stereocenters. The minimum atomic E-state index is -1.12. The van der Waals surface area contributed by atoms with Crippen molar-refractivity contribution in [1.82, 2.24) is 5.32 Å². The molecule has 0 aromatic rings. The predicted octanol–water partition coefficient (Wildman–Crippen LogP) is 14.7. The van der Waals surface area contributed by atoms with Crippen LogP contribution in [0.25, 0.3) is 0 Å². The summed E-state index contributed by atoms with van der Waals surface area (Å²) in [7, 11) is 0. The van der Waals surface area contributed by atoms with Crippen molar-refractivity contribution in [3.05, 3.63) is 60.8 Å². The van der Waals surface area contributed by atoms with Crippen LogP contribution in [-0.4, -0.2) is 46.1 Å². The summed E-state index contributed by atoms with van der Waals surface area (Å²) in [5.74, 6) is -0.522. The third-order valence-electron chi connectivity index (χ3n) is 11.1. The molecule has 5 nitrogen and oxygen atoms in total. The molecule has 0 bridgehead atoms. The highest BCUT2D eigenvalue weighted by Gasteiger charge is 2.22. The van der Waals surface area contributed by atoms with E-state index < -0.39 is 24.2 Å². The van der Waals surface area contributed by atoms with Gasteiger partial charge in [-0.05, 0) is 77.0 Å². The van der Waals surface area contributed by atoms with E-state index in [1.165, 1.54) is 167 Å². The van der Waals surface area contributed by atoms with Crippen LogP contribution in [0, 0.1) is 0 Å². The molecule has 0 aromatic carbocycles. The summed E-state index contributed by atoms with van der Waals surface area (Å²) in [6.07, 6.45) is 62.6. The Kier molecular flexibility index (Phi) is 45.1. The predicted molar refractivity (Wildman–Crippen MR) is 250 cm³/mol. The number of nitrogens with one attached hydrogen (secondary N) is 1. The van der Waals surface area contributed by atoms with Crippen molar-refractivity contribution in [2.75, 3.05) is 6.61 Å². The summed E-state index contributed by atoms with van der Waals surface area (Å²) in [5.41, 5.74) is 0. The van der Waals surface area contributed by atoms with E-state index >= 15 is 0 Å². The van der Waals surface area contributed by atoms with Gasteiger partial charge in [0.15, 0.2) is 0 Å². The highest BCUT2D eigenvalue weighted by molar-refractivity contribution is 5.80. The van der Waals surface area contributed by atoms with Gasteiger partial charge in [0.25, 0.3) is 0 Å². The van der Waals surface area contributed by atoms with Gasteiger partial charge in [-0.15, -0.1) is 0 Å². The van der Waals surface area contributed by atoms with Crippen molar-refractivity contribution in [3.63, 3.8) is 0 Å². The number of carbonyl (C=O) groups excluding carboxylic acids is 1. The van der Waals surface area contributed by atoms with Gasteiger partial charge >= 0.3 is 0 Å². The van der Waals surface area contributed by atoms with Crippen molar-refractivity contribution in [2.45, 2.75) is 257 Å². The first-order chi connectivity index (χ1) is 28.1. The molecule has 57 heavy (non-hydrogen) atoms. The Balaban J connectivity index is 3.72. The molecule has 0 saturated heterocycles.